The quantitative estimate of drug-likeness (QED) is 0.736. The summed E-state index contributed by atoms with van der Waals surface area (Å²) in [5.74, 6) is 1.44. The summed E-state index contributed by atoms with van der Waals surface area (Å²) in [4.78, 5) is 4.17. The van der Waals surface area contributed by atoms with E-state index in [4.69, 9.17) is 23.2 Å². The summed E-state index contributed by atoms with van der Waals surface area (Å²) in [6.07, 6.45) is 0. The van der Waals surface area contributed by atoms with Crippen molar-refractivity contribution < 1.29 is 8.42 Å². The van der Waals surface area contributed by atoms with E-state index in [-0.39, 0.29) is 21.0 Å². The Morgan fingerprint density at radius 3 is 2.26 bits per heavy atom. The van der Waals surface area contributed by atoms with Gasteiger partial charge < -0.3 is 0 Å². The van der Waals surface area contributed by atoms with E-state index in [9.17, 15) is 8.42 Å². The van der Waals surface area contributed by atoms with Gasteiger partial charge in [0.25, 0.3) is 0 Å². The maximum atomic E-state index is 12.7. The van der Waals surface area contributed by atoms with Crippen LogP contribution in [-0.4, -0.2) is 40.6 Å². The third-order valence-electron chi connectivity index (χ3n) is 3.64. The van der Waals surface area contributed by atoms with Gasteiger partial charge in [-0.2, -0.15) is 9.40 Å². The lowest BCUT2D eigenvalue weighted by Crippen LogP contribution is -2.51. The maximum absolute atomic E-state index is 12.7. The van der Waals surface area contributed by atoms with Crippen molar-refractivity contribution in [3.8, 4) is 0 Å². The van der Waals surface area contributed by atoms with Crippen LogP contribution in [0, 0.1) is 13.8 Å². The Morgan fingerprint density at radius 1 is 1.22 bits per heavy atom. The molecular weight excluding hydrogens is 427 g/mol. The van der Waals surface area contributed by atoms with Crippen LogP contribution in [0.4, 0.5) is 0 Å². The molecule has 2 aromatic rings. The van der Waals surface area contributed by atoms with Gasteiger partial charge in [0.1, 0.15) is 16.5 Å². The molecule has 0 N–H and O–H groups in total. The smallest absolute Gasteiger partial charge is 0.244 e. The normalized spacial score (nSPS) is 16.6. The van der Waals surface area contributed by atoms with E-state index in [2.05, 4.69) is 26.0 Å². The fourth-order valence-electron chi connectivity index (χ4n) is 2.55. The van der Waals surface area contributed by atoms with Crippen LogP contribution in [0.25, 0.3) is 0 Å². The lowest BCUT2D eigenvalue weighted by molar-refractivity contribution is 0.188. The van der Waals surface area contributed by atoms with Gasteiger partial charge >= 0.3 is 0 Å². The summed E-state index contributed by atoms with van der Waals surface area (Å²) >= 11 is 15.4. The molecule has 1 fully saturated rings. The van der Waals surface area contributed by atoms with Gasteiger partial charge in [0.05, 0.1) is 16.1 Å². The molecule has 1 aliphatic heterocycles. The van der Waals surface area contributed by atoms with E-state index in [1.54, 1.807) is 11.6 Å². The number of nitrogens with zero attached hydrogens (tertiary/aromatic N) is 4. The van der Waals surface area contributed by atoms with Crippen molar-refractivity contribution in [2.75, 3.05) is 13.1 Å². The number of hydrogen-bond donors (Lipinski definition) is 0. The molecular formula is C13H13BrCl2N4O2S. The van der Waals surface area contributed by atoms with Gasteiger partial charge in [-0.05, 0) is 26.0 Å². The molecule has 2 heterocycles. The predicted molar refractivity (Wildman–Crippen MR) is 91.5 cm³/mol. The van der Waals surface area contributed by atoms with Crippen molar-refractivity contribution in [1.29, 1.82) is 0 Å². The molecule has 1 aliphatic rings. The fourth-order valence-corrected chi connectivity index (χ4v) is 5.95. The SMILES string of the molecule is Cc1nc(C)n(C2CN(S(=O)(=O)c3c(Cl)cc(Br)cc3Cl)C2)n1. The first kappa shape index (κ1) is 17.2. The van der Waals surface area contributed by atoms with Crippen molar-refractivity contribution in [3.05, 3.63) is 38.3 Å². The van der Waals surface area contributed by atoms with Crippen molar-refractivity contribution in [2.24, 2.45) is 0 Å². The van der Waals surface area contributed by atoms with Crippen molar-refractivity contribution in [1.82, 2.24) is 19.1 Å². The van der Waals surface area contributed by atoms with Crippen LogP contribution in [0.15, 0.2) is 21.5 Å². The highest BCUT2D eigenvalue weighted by atomic mass is 79.9. The van der Waals surface area contributed by atoms with E-state index in [0.717, 1.165) is 5.82 Å². The molecule has 0 saturated carbocycles. The summed E-state index contributed by atoms with van der Waals surface area (Å²) in [7, 11) is -3.74. The Hall–Kier alpha value is -0.670. The average molecular weight is 440 g/mol. The number of sulfonamides is 1. The highest BCUT2D eigenvalue weighted by Crippen LogP contribution is 2.37. The third kappa shape index (κ3) is 3.02. The first-order chi connectivity index (χ1) is 10.7. The number of aromatic nitrogens is 3. The Morgan fingerprint density at radius 2 is 1.78 bits per heavy atom. The second-order valence-corrected chi connectivity index (χ2v) is 8.93. The fraction of sp³-hybridized carbons (Fsp3) is 0.385. The van der Waals surface area contributed by atoms with Gasteiger partial charge in [-0.25, -0.2) is 18.1 Å². The molecule has 3 rings (SSSR count). The highest BCUT2D eigenvalue weighted by Gasteiger charge is 2.40. The van der Waals surface area contributed by atoms with Gasteiger partial charge in [-0.15, -0.1) is 0 Å². The van der Waals surface area contributed by atoms with Crippen molar-refractivity contribution in [2.45, 2.75) is 24.8 Å². The summed E-state index contributed by atoms with van der Waals surface area (Å²) in [5.41, 5.74) is 0. The van der Waals surface area contributed by atoms with E-state index >= 15 is 0 Å². The molecule has 0 radical (unpaired) electrons. The molecule has 1 aromatic carbocycles. The topological polar surface area (TPSA) is 68.1 Å². The molecule has 0 bridgehead atoms. The van der Waals surface area contributed by atoms with Crippen molar-refractivity contribution in [3.63, 3.8) is 0 Å². The minimum absolute atomic E-state index is 0.0287. The largest absolute Gasteiger partial charge is 0.246 e. The second-order valence-electron chi connectivity index (χ2n) is 5.33. The molecule has 0 amide bonds. The van der Waals surface area contributed by atoms with Crippen LogP contribution < -0.4 is 0 Å². The number of hydrogen-bond acceptors (Lipinski definition) is 4. The lowest BCUT2D eigenvalue weighted by atomic mass is 10.2. The number of halogens is 3. The molecule has 1 saturated heterocycles. The minimum Gasteiger partial charge on any atom is -0.244 e. The molecule has 23 heavy (non-hydrogen) atoms. The van der Waals surface area contributed by atoms with Crippen LogP contribution in [-0.2, 0) is 10.0 Å². The van der Waals surface area contributed by atoms with Gasteiger partial charge in [0.15, 0.2) is 0 Å². The monoisotopic (exact) mass is 438 g/mol. The molecule has 6 nitrogen and oxygen atoms in total. The summed E-state index contributed by atoms with van der Waals surface area (Å²) in [5, 5.41) is 4.49. The van der Waals surface area contributed by atoms with Crippen LogP contribution in [0.2, 0.25) is 10.0 Å². The Labute approximate surface area is 152 Å². The Balaban J connectivity index is 1.85. The molecule has 0 atom stereocenters. The standard InChI is InChI=1S/C13H13BrCl2N4O2S/c1-7-17-8(2)20(18-7)10-5-19(6-10)23(21,22)13-11(15)3-9(14)4-12(13)16/h3-4,10H,5-6H2,1-2H3. The second kappa shape index (κ2) is 6.00. The molecule has 0 unspecified atom stereocenters. The number of benzene rings is 1. The Bertz CT molecular complexity index is 855. The van der Waals surface area contributed by atoms with Crippen LogP contribution in [0.3, 0.4) is 0 Å². The maximum Gasteiger partial charge on any atom is 0.246 e. The molecule has 10 heteroatoms. The Kier molecular flexibility index (Phi) is 4.48. The lowest BCUT2D eigenvalue weighted by Gasteiger charge is -2.38. The van der Waals surface area contributed by atoms with Crippen LogP contribution in [0.5, 0.6) is 0 Å². The predicted octanol–water partition coefficient (Wildman–Crippen LogP) is 3.21. The zero-order valence-corrected chi connectivity index (χ0v) is 16.2. The summed E-state index contributed by atoms with van der Waals surface area (Å²) < 4.78 is 29.2. The molecule has 1 aromatic heterocycles. The van der Waals surface area contributed by atoms with E-state index in [0.29, 0.717) is 23.4 Å². The molecule has 0 spiro atoms. The minimum atomic E-state index is -3.74. The van der Waals surface area contributed by atoms with Gasteiger partial charge in [-0.1, -0.05) is 39.1 Å². The zero-order valence-electron chi connectivity index (χ0n) is 12.3. The summed E-state index contributed by atoms with van der Waals surface area (Å²) in [6, 6.07) is 3.00. The van der Waals surface area contributed by atoms with Gasteiger partial charge in [0.2, 0.25) is 10.0 Å². The van der Waals surface area contributed by atoms with E-state index in [1.165, 1.54) is 16.4 Å². The first-order valence-corrected chi connectivity index (χ1v) is 9.73. The van der Waals surface area contributed by atoms with E-state index < -0.39 is 10.0 Å². The number of aryl methyl sites for hydroxylation is 2. The molecule has 124 valence electrons. The highest BCUT2D eigenvalue weighted by molar-refractivity contribution is 9.10. The van der Waals surface area contributed by atoms with Gasteiger partial charge in [-0.3, -0.25) is 0 Å². The van der Waals surface area contributed by atoms with Crippen molar-refractivity contribution >= 4 is 49.2 Å². The zero-order chi connectivity index (χ0) is 16.9. The van der Waals surface area contributed by atoms with Crippen LogP contribution >= 0.6 is 39.1 Å². The average Bonchev–Trinajstić information content (AvgIpc) is 2.64. The number of rotatable bonds is 3. The van der Waals surface area contributed by atoms with E-state index in [1.807, 2.05) is 6.92 Å². The summed E-state index contributed by atoms with van der Waals surface area (Å²) in [6.45, 7) is 4.28. The van der Waals surface area contributed by atoms with Crippen LogP contribution in [0.1, 0.15) is 17.7 Å². The van der Waals surface area contributed by atoms with Gasteiger partial charge in [0, 0.05) is 17.6 Å². The molecule has 0 aliphatic carbocycles. The first-order valence-electron chi connectivity index (χ1n) is 6.74. The third-order valence-corrected chi connectivity index (χ3v) is 6.86.